The van der Waals surface area contributed by atoms with Gasteiger partial charge in [0.15, 0.2) is 0 Å². The minimum atomic E-state index is 0.960. The van der Waals surface area contributed by atoms with E-state index in [0.29, 0.717) is 0 Å². The van der Waals surface area contributed by atoms with Gasteiger partial charge < -0.3 is 0 Å². The van der Waals surface area contributed by atoms with E-state index in [1.807, 2.05) is 36.7 Å². The number of fused-ring (bicyclic) bond motifs is 1. The van der Waals surface area contributed by atoms with Crippen LogP contribution in [0.25, 0.3) is 33.2 Å². The Morgan fingerprint density at radius 1 is 0.682 bits per heavy atom. The first-order valence-electron chi connectivity index (χ1n) is 6.98. The average Bonchev–Trinajstić information content (AvgIpc) is 2.62. The Bertz CT molecular complexity index is 921. The molecule has 0 radical (unpaired) electrons. The molecule has 0 spiro atoms. The van der Waals surface area contributed by atoms with E-state index in [1.54, 1.807) is 18.6 Å². The third kappa shape index (κ3) is 2.20. The molecule has 4 nitrogen and oxygen atoms in total. The first-order chi connectivity index (χ1) is 10.9. The van der Waals surface area contributed by atoms with Gasteiger partial charge in [-0.1, -0.05) is 12.1 Å². The summed E-state index contributed by atoms with van der Waals surface area (Å²) in [4.78, 5) is 8.64. The van der Waals surface area contributed by atoms with E-state index in [-0.39, 0.29) is 0 Å². The van der Waals surface area contributed by atoms with Gasteiger partial charge in [0.25, 0.3) is 0 Å². The molecule has 0 saturated carbocycles. The SMILES string of the molecule is c1cncc(-c2ccc3nccc(-c4ccnnc4)c3c2)c1. The Kier molecular flexibility index (Phi) is 3.05. The summed E-state index contributed by atoms with van der Waals surface area (Å²) in [6, 6.07) is 14.2. The van der Waals surface area contributed by atoms with Crippen molar-refractivity contribution in [1.82, 2.24) is 20.2 Å². The number of hydrogen-bond donors (Lipinski definition) is 0. The van der Waals surface area contributed by atoms with Crippen molar-refractivity contribution >= 4 is 10.9 Å². The predicted octanol–water partition coefficient (Wildman–Crippen LogP) is 3.75. The third-order valence-corrected chi connectivity index (χ3v) is 3.63. The average molecular weight is 284 g/mol. The maximum Gasteiger partial charge on any atom is 0.0708 e. The number of pyridine rings is 2. The van der Waals surface area contributed by atoms with Gasteiger partial charge in [0.2, 0.25) is 0 Å². The lowest BCUT2D eigenvalue weighted by Crippen LogP contribution is -1.88. The van der Waals surface area contributed by atoms with Gasteiger partial charge in [0.05, 0.1) is 17.9 Å². The smallest absolute Gasteiger partial charge is 0.0708 e. The molecule has 0 saturated heterocycles. The second-order valence-electron chi connectivity index (χ2n) is 4.96. The highest BCUT2D eigenvalue weighted by molar-refractivity contribution is 5.96. The summed E-state index contributed by atoms with van der Waals surface area (Å²) in [5.74, 6) is 0. The fourth-order valence-electron chi connectivity index (χ4n) is 2.56. The van der Waals surface area contributed by atoms with Gasteiger partial charge in [-0.3, -0.25) is 9.97 Å². The quantitative estimate of drug-likeness (QED) is 0.562. The first kappa shape index (κ1) is 12.6. The monoisotopic (exact) mass is 284 g/mol. The van der Waals surface area contributed by atoms with Crippen molar-refractivity contribution < 1.29 is 0 Å². The van der Waals surface area contributed by atoms with E-state index in [4.69, 9.17) is 0 Å². The number of aromatic nitrogens is 4. The van der Waals surface area contributed by atoms with E-state index in [1.165, 1.54) is 0 Å². The molecule has 3 aromatic heterocycles. The molecule has 0 aliphatic carbocycles. The Morgan fingerprint density at radius 3 is 2.50 bits per heavy atom. The van der Waals surface area contributed by atoms with Crippen LogP contribution in [0.4, 0.5) is 0 Å². The summed E-state index contributed by atoms with van der Waals surface area (Å²) in [5, 5.41) is 8.90. The summed E-state index contributed by atoms with van der Waals surface area (Å²) in [5.41, 5.74) is 5.31. The topological polar surface area (TPSA) is 51.6 Å². The van der Waals surface area contributed by atoms with Crippen LogP contribution in [0.2, 0.25) is 0 Å². The summed E-state index contributed by atoms with van der Waals surface area (Å²) in [6.45, 7) is 0. The standard InChI is InChI=1S/C18H12N4/c1-2-14(11-19-7-1)13-3-4-18-17(10-13)16(6-8-20-18)15-5-9-21-22-12-15/h1-12H. The molecular weight excluding hydrogens is 272 g/mol. The lowest BCUT2D eigenvalue weighted by atomic mass is 9.99. The van der Waals surface area contributed by atoms with E-state index < -0.39 is 0 Å². The van der Waals surface area contributed by atoms with Crippen LogP contribution in [0.3, 0.4) is 0 Å². The molecule has 0 aliphatic heterocycles. The van der Waals surface area contributed by atoms with Crippen molar-refractivity contribution in [2.45, 2.75) is 0 Å². The van der Waals surface area contributed by atoms with Gasteiger partial charge in [-0.25, -0.2) is 0 Å². The Labute approximate surface area is 127 Å². The van der Waals surface area contributed by atoms with Gasteiger partial charge in [-0.05, 0) is 41.5 Å². The molecule has 0 fully saturated rings. The molecule has 1 aromatic carbocycles. The van der Waals surface area contributed by atoms with E-state index >= 15 is 0 Å². The molecule has 0 atom stereocenters. The van der Waals surface area contributed by atoms with Crippen LogP contribution >= 0.6 is 0 Å². The molecule has 22 heavy (non-hydrogen) atoms. The molecule has 104 valence electrons. The van der Waals surface area contributed by atoms with Crippen LogP contribution in [0.5, 0.6) is 0 Å². The van der Waals surface area contributed by atoms with E-state index in [9.17, 15) is 0 Å². The molecule has 3 heterocycles. The van der Waals surface area contributed by atoms with Crippen LogP contribution in [0.1, 0.15) is 0 Å². The number of nitrogens with zero attached hydrogens (tertiary/aromatic N) is 4. The van der Waals surface area contributed by atoms with Crippen LogP contribution in [0, 0.1) is 0 Å². The molecule has 0 amide bonds. The van der Waals surface area contributed by atoms with Gasteiger partial charge in [0.1, 0.15) is 0 Å². The second kappa shape index (κ2) is 5.33. The maximum atomic E-state index is 4.45. The van der Waals surface area contributed by atoms with Gasteiger partial charge in [-0.2, -0.15) is 10.2 Å². The second-order valence-corrected chi connectivity index (χ2v) is 4.96. The summed E-state index contributed by atoms with van der Waals surface area (Å²) in [7, 11) is 0. The van der Waals surface area contributed by atoms with Gasteiger partial charge in [-0.15, -0.1) is 0 Å². The third-order valence-electron chi connectivity index (χ3n) is 3.63. The fraction of sp³-hybridized carbons (Fsp3) is 0. The van der Waals surface area contributed by atoms with Crippen molar-refractivity contribution in [3.8, 4) is 22.3 Å². The zero-order chi connectivity index (χ0) is 14.8. The Balaban J connectivity index is 1.95. The zero-order valence-corrected chi connectivity index (χ0v) is 11.7. The van der Waals surface area contributed by atoms with Crippen LogP contribution < -0.4 is 0 Å². The van der Waals surface area contributed by atoms with Crippen LogP contribution in [0.15, 0.2) is 73.4 Å². The first-order valence-corrected chi connectivity index (χ1v) is 6.98. The molecule has 4 heteroatoms. The molecule has 0 aliphatic rings. The molecule has 0 unspecified atom stereocenters. The molecule has 0 bridgehead atoms. The maximum absolute atomic E-state index is 4.45. The summed E-state index contributed by atoms with van der Waals surface area (Å²) < 4.78 is 0. The number of benzene rings is 1. The highest BCUT2D eigenvalue weighted by atomic mass is 15.1. The molecular formula is C18H12N4. The minimum absolute atomic E-state index is 0.960. The summed E-state index contributed by atoms with van der Waals surface area (Å²) in [6.07, 6.45) is 8.94. The normalized spacial score (nSPS) is 10.7. The van der Waals surface area contributed by atoms with Gasteiger partial charge in [0, 0.05) is 35.1 Å². The molecule has 0 N–H and O–H groups in total. The number of hydrogen-bond acceptors (Lipinski definition) is 4. The minimum Gasteiger partial charge on any atom is -0.264 e. The van der Waals surface area contributed by atoms with Crippen molar-refractivity contribution in [3.05, 3.63) is 73.4 Å². The van der Waals surface area contributed by atoms with Gasteiger partial charge >= 0.3 is 0 Å². The van der Waals surface area contributed by atoms with Crippen molar-refractivity contribution in [2.24, 2.45) is 0 Å². The molecule has 4 aromatic rings. The largest absolute Gasteiger partial charge is 0.264 e. The fourth-order valence-corrected chi connectivity index (χ4v) is 2.56. The Morgan fingerprint density at radius 2 is 1.68 bits per heavy atom. The predicted molar refractivity (Wildman–Crippen MR) is 86.0 cm³/mol. The van der Waals surface area contributed by atoms with Crippen molar-refractivity contribution in [2.75, 3.05) is 0 Å². The number of rotatable bonds is 2. The van der Waals surface area contributed by atoms with E-state index in [0.717, 1.165) is 33.2 Å². The molecule has 4 rings (SSSR count). The van der Waals surface area contributed by atoms with Crippen molar-refractivity contribution in [1.29, 1.82) is 0 Å². The van der Waals surface area contributed by atoms with Crippen LogP contribution in [-0.2, 0) is 0 Å². The van der Waals surface area contributed by atoms with Crippen molar-refractivity contribution in [3.63, 3.8) is 0 Å². The highest BCUT2D eigenvalue weighted by Crippen LogP contribution is 2.30. The van der Waals surface area contributed by atoms with Crippen LogP contribution in [-0.4, -0.2) is 20.2 Å². The highest BCUT2D eigenvalue weighted by Gasteiger charge is 2.07. The lowest BCUT2D eigenvalue weighted by Gasteiger charge is -2.08. The Hall–Kier alpha value is -3.14. The van der Waals surface area contributed by atoms with E-state index in [2.05, 4.69) is 38.4 Å². The summed E-state index contributed by atoms with van der Waals surface area (Å²) >= 11 is 0. The zero-order valence-electron chi connectivity index (χ0n) is 11.7. The lowest BCUT2D eigenvalue weighted by molar-refractivity contribution is 1.03.